The SMILES string of the molecule is O=C1C[C@@H](c2nc3ccccc3[nH]2)CN1CCO. The minimum Gasteiger partial charge on any atom is -0.395 e. The lowest BCUT2D eigenvalue weighted by molar-refractivity contribution is -0.128. The van der Waals surface area contributed by atoms with Crippen molar-refractivity contribution in [1.29, 1.82) is 0 Å². The van der Waals surface area contributed by atoms with Gasteiger partial charge in [0.05, 0.1) is 17.6 Å². The number of imidazole rings is 1. The molecule has 0 aliphatic carbocycles. The lowest BCUT2D eigenvalue weighted by atomic mass is 10.1. The van der Waals surface area contributed by atoms with Gasteiger partial charge >= 0.3 is 0 Å². The number of H-pyrrole nitrogens is 1. The molecule has 2 heterocycles. The van der Waals surface area contributed by atoms with Gasteiger partial charge < -0.3 is 15.0 Å². The number of aliphatic hydroxyl groups excluding tert-OH is 1. The minimum absolute atomic E-state index is 0.0125. The molecular weight excluding hydrogens is 230 g/mol. The maximum Gasteiger partial charge on any atom is 0.223 e. The number of benzene rings is 1. The first-order valence-corrected chi connectivity index (χ1v) is 6.11. The molecule has 0 bridgehead atoms. The summed E-state index contributed by atoms with van der Waals surface area (Å²) in [6.45, 7) is 1.06. The Bertz CT molecular complexity index is 545. The highest BCUT2D eigenvalue weighted by molar-refractivity contribution is 5.80. The van der Waals surface area contributed by atoms with Gasteiger partial charge in [-0.05, 0) is 12.1 Å². The van der Waals surface area contributed by atoms with E-state index in [9.17, 15) is 4.79 Å². The van der Waals surface area contributed by atoms with Crippen LogP contribution in [0.3, 0.4) is 0 Å². The third kappa shape index (κ3) is 1.86. The van der Waals surface area contributed by atoms with E-state index in [-0.39, 0.29) is 18.4 Å². The highest BCUT2D eigenvalue weighted by Gasteiger charge is 2.31. The number of aromatic amines is 1. The summed E-state index contributed by atoms with van der Waals surface area (Å²) in [7, 11) is 0. The molecule has 1 atom stereocenters. The molecule has 5 heteroatoms. The number of fused-ring (bicyclic) bond motifs is 1. The number of likely N-dealkylation sites (tertiary alicyclic amines) is 1. The summed E-state index contributed by atoms with van der Waals surface area (Å²) in [6.07, 6.45) is 0.472. The largest absolute Gasteiger partial charge is 0.395 e. The predicted octanol–water partition coefficient (Wildman–Crippen LogP) is 0.871. The highest BCUT2D eigenvalue weighted by Crippen LogP contribution is 2.27. The van der Waals surface area contributed by atoms with Gasteiger partial charge in [-0.1, -0.05) is 12.1 Å². The van der Waals surface area contributed by atoms with Gasteiger partial charge in [0.2, 0.25) is 5.91 Å². The van der Waals surface area contributed by atoms with Gasteiger partial charge in [0.1, 0.15) is 5.82 Å². The Kier molecular flexibility index (Phi) is 2.76. The third-order valence-electron chi connectivity index (χ3n) is 3.38. The molecule has 1 aromatic carbocycles. The van der Waals surface area contributed by atoms with E-state index < -0.39 is 0 Å². The second kappa shape index (κ2) is 4.42. The number of β-amino-alcohol motifs (C(OH)–C–C–N with tert-alkyl or cyclic N) is 1. The molecule has 0 unspecified atom stereocenters. The van der Waals surface area contributed by atoms with E-state index in [1.807, 2.05) is 24.3 Å². The van der Waals surface area contributed by atoms with Crippen molar-refractivity contribution in [3.63, 3.8) is 0 Å². The summed E-state index contributed by atoms with van der Waals surface area (Å²) in [5, 5.41) is 8.90. The average molecular weight is 245 g/mol. The fraction of sp³-hybridized carbons (Fsp3) is 0.385. The molecule has 1 aromatic heterocycles. The number of rotatable bonds is 3. The first kappa shape index (κ1) is 11.2. The second-order valence-electron chi connectivity index (χ2n) is 4.60. The number of hydrogen-bond donors (Lipinski definition) is 2. The molecule has 2 aromatic rings. The molecule has 5 nitrogen and oxygen atoms in total. The molecule has 1 saturated heterocycles. The molecule has 1 aliphatic rings. The number of carbonyl (C=O) groups excluding carboxylic acids is 1. The fourth-order valence-corrected chi connectivity index (χ4v) is 2.46. The van der Waals surface area contributed by atoms with E-state index in [4.69, 9.17) is 5.11 Å². The molecular formula is C13H15N3O2. The highest BCUT2D eigenvalue weighted by atomic mass is 16.3. The molecule has 0 saturated carbocycles. The number of carbonyl (C=O) groups is 1. The van der Waals surface area contributed by atoms with Crippen LogP contribution in [0.4, 0.5) is 0 Å². The van der Waals surface area contributed by atoms with Crippen LogP contribution in [0.1, 0.15) is 18.2 Å². The first-order chi connectivity index (χ1) is 8.78. The summed E-state index contributed by atoms with van der Waals surface area (Å²) < 4.78 is 0. The summed E-state index contributed by atoms with van der Waals surface area (Å²) in [5.41, 5.74) is 1.93. The molecule has 0 radical (unpaired) electrons. The predicted molar refractivity (Wildman–Crippen MR) is 67.1 cm³/mol. The summed E-state index contributed by atoms with van der Waals surface area (Å²) >= 11 is 0. The van der Waals surface area contributed by atoms with Crippen molar-refractivity contribution in [2.45, 2.75) is 12.3 Å². The Labute approximate surface area is 104 Å². The Morgan fingerprint density at radius 3 is 3.06 bits per heavy atom. The van der Waals surface area contributed by atoms with Gasteiger partial charge in [-0.25, -0.2) is 4.98 Å². The topological polar surface area (TPSA) is 69.2 Å². The normalized spacial score (nSPS) is 19.9. The first-order valence-electron chi connectivity index (χ1n) is 6.11. The van der Waals surface area contributed by atoms with Crippen molar-refractivity contribution in [1.82, 2.24) is 14.9 Å². The molecule has 3 rings (SSSR count). The van der Waals surface area contributed by atoms with Gasteiger partial charge in [-0.2, -0.15) is 0 Å². The van der Waals surface area contributed by atoms with Crippen LogP contribution in [0.2, 0.25) is 0 Å². The number of amides is 1. The van der Waals surface area contributed by atoms with E-state index in [0.717, 1.165) is 16.9 Å². The van der Waals surface area contributed by atoms with Crippen molar-refractivity contribution in [3.05, 3.63) is 30.1 Å². The van der Waals surface area contributed by atoms with Crippen molar-refractivity contribution in [3.8, 4) is 0 Å². The van der Waals surface area contributed by atoms with Crippen LogP contribution >= 0.6 is 0 Å². The Morgan fingerprint density at radius 2 is 2.28 bits per heavy atom. The van der Waals surface area contributed by atoms with E-state index in [2.05, 4.69) is 9.97 Å². The van der Waals surface area contributed by atoms with Gasteiger partial charge in [0.25, 0.3) is 0 Å². The lowest BCUT2D eigenvalue weighted by Crippen LogP contribution is -2.28. The van der Waals surface area contributed by atoms with Crippen molar-refractivity contribution >= 4 is 16.9 Å². The number of aliphatic hydroxyl groups is 1. The van der Waals surface area contributed by atoms with E-state index in [0.29, 0.717) is 19.5 Å². The number of para-hydroxylation sites is 2. The van der Waals surface area contributed by atoms with Crippen LogP contribution in [0.25, 0.3) is 11.0 Å². The number of nitrogens with one attached hydrogen (secondary N) is 1. The van der Waals surface area contributed by atoms with Crippen molar-refractivity contribution in [2.24, 2.45) is 0 Å². The molecule has 1 aliphatic heterocycles. The maximum absolute atomic E-state index is 11.7. The van der Waals surface area contributed by atoms with Crippen LogP contribution in [-0.4, -0.2) is 45.6 Å². The van der Waals surface area contributed by atoms with Crippen molar-refractivity contribution < 1.29 is 9.90 Å². The van der Waals surface area contributed by atoms with E-state index in [1.165, 1.54) is 0 Å². The molecule has 94 valence electrons. The summed E-state index contributed by atoms with van der Waals surface area (Å²) in [5.74, 6) is 1.07. The zero-order chi connectivity index (χ0) is 12.5. The van der Waals surface area contributed by atoms with Crippen LogP contribution < -0.4 is 0 Å². The Hall–Kier alpha value is -1.88. The van der Waals surface area contributed by atoms with Crippen LogP contribution in [0.15, 0.2) is 24.3 Å². The quantitative estimate of drug-likeness (QED) is 0.843. The third-order valence-corrected chi connectivity index (χ3v) is 3.38. The van der Waals surface area contributed by atoms with Gasteiger partial charge in [-0.3, -0.25) is 4.79 Å². The van der Waals surface area contributed by atoms with Gasteiger partial charge in [0, 0.05) is 25.4 Å². The fourth-order valence-electron chi connectivity index (χ4n) is 2.46. The number of nitrogens with zero attached hydrogens (tertiary/aromatic N) is 2. The molecule has 18 heavy (non-hydrogen) atoms. The summed E-state index contributed by atoms with van der Waals surface area (Å²) in [6, 6.07) is 7.85. The van der Waals surface area contributed by atoms with E-state index >= 15 is 0 Å². The van der Waals surface area contributed by atoms with Crippen molar-refractivity contribution in [2.75, 3.05) is 19.7 Å². The van der Waals surface area contributed by atoms with Gasteiger partial charge in [0.15, 0.2) is 0 Å². The van der Waals surface area contributed by atoms with Crippen LogP contribution in [0, 0.1) is 0 Å². The molecule has 2 N–H and O–H groups in total. The molecule has 0 spiro atoms. The average Bonchev–Trinajstić information content (AvgIpc) is 2.94. The Morgan fingerprint density at radius 1 is 1.44 bits per heavy atom. The molecule has 1 amide bonds. The zero-order valence-corrected chi connectivity index (χ0v) is 9.97. The molecule has 1 fully saturated rings. The van der Waals surface area contributed by atoms with Crippen LogP contribution in [-0.2, 0) is 4.79 Å². The number of aromatic nitrogens is 2. The number of hydrogen-bond acceptors (Lipinski definition) is 3. The van der Waals surface area contributed by atoms with Crippen LogP contribution in [0.5, 0.6) is 0 Å². The minimum atomic E-state index is 0.0125. The van der Waals surface area contributed by atoms with Gasteiger partial charge in [-0.15, -0.1) is 0 Å². The standard InChI is InChI=1S/C13H15N3O2/c17-6-5-16-8-9(7-12(16)18)13-14-10-3-1-2-4-11(10)15-13/h1-4,9,17H,5-8H2,(H,14,15)/t9-/m1/s1. The smallest absolute Gasteiger partial charge is 0.223 e. The Balaban J connectivity index is 1.85. The second-order valence-corrected chi connectivity index (χ2v) is 4.60. The van der Waals surface area contributed by atoms with E-state index in [1.54, 1.807) is 4.90 Å². The monoisotopic (exact) mass is 245 g/mol. The maximum atomic E-state index is 11.7. The summed E-state index contributed by atoms with van der Waals surface area (Å²) in [4.78, 5) is 21.2. The lowest BCUT2D eigenvalue weighted by Gasteiger charge is -2.13. The zero-order valence-electron chi connectivity index (χ0n) is 9.97.